The lowest BCUT2D eigenvalue weighted by molar-refractivity contribution is -0.143. The smallest absolute Gasteiger partial charge is 0.306 e. The van der Waals surface area contributed by atoms with E-state index in [4.69, 9.17) is 0 Å². The summed E-state index contributed by atoms with van der Waals surface area (Å²) in [4.78, 5) is 13.8. The molecule has 3 heteroatoms. The van der Waals surface area contributed by atoms with Crippen LogP contribution in [0.15, 0.2) is 78.9 Å². The summed E-state index contributed by atoms with van der Waals surface area (Å²) >= 11 is 0. The van der Waals surface area contributed by atoms with Crippen LogP contribution < -0.4 is 0 Å². The Morgan fingerprint density at radius 2 is 1.36 bits per heavy atom. The Bertz CT molecular complexity index is 1050. The molecule has 1 heterocycles. The molecule has 2 aliphatic rings. The minimum atomic E-state index is -0.635. The van der Waals surface area contributed by atoms with E-state index in [2.05, 4.69) is 83.8 Å². The van der Waals surface area contributed by atoms with E-state index >= 15 is 0 Å². The maximum absolute atomic E-state index is 11.3. The van der Waals surface area contributed by atoms with Crippen LogP contribution in [-0.4, -0.2) is 35.6 Å². The molecule has 0 atom stereocenters. The highest BCUT2D eigenvalue weighted by molar-refractivity contribution is 5.70. The van der Waals surface area contributed by atoms with E-state index in [0.29, 0.717) is 0 Å². The fourth-order valence-corrected chi connectivity index (χ4v) is 6.14. The van der Waals surface area contributed by atoms with Crippen molar-refractivity contribution in [2.75, 3.05) is 19.6 Å². The van der Waals surface area contributed by atoms with Crippen molar-refractivity contribution >= 4 is 5.97 Å². The Morgan fingerprint density at radius 3 is 1.94 bits per heavy atom. The van der Waals surface area contributed by atoms with Crippen molar-refractivity contribution in [3.05, 3.63) is 107 Å². The average molecular weight is 440 g/mol. The molecule has 3 aromatic rings. The van der Waals surface area contributed by atoms with Crippen LogP contribution in [0.2, 0.25) is 0 Å². The van der Waals surface area contributed by atoms with E-state index in [0.717, 1.165) is 58.2 Å². The van der Waals surface area contributed by atoms with Gasteiger partial charge in [0.1, 0.15) is 0 Å². The Balaban J connectivity index is 1.50. The number of hydrogen-bond donors (Lipinski definition) is 1. The second-order valence-electron chi connectivity index (χ2n) is 9.64. The van der Waals surface area contributed by atoms with Gasteiger partial charge in [-0.1, -0.05) is 78.9 Å². The quantitative estimate of drug-likeness (QED) is 0.536. The molecule has 1 N–H and O–H groups in total. The molecule has 1 aliphatic heterocycles. The maximum atomic E-state index is 11.3. The number of benzene rings is 3. The third-order valence-electron chi connectivity index (χ3n) is 7.85. The highest BCUT2D eigenvalue weighted by atomic mass is 16.4. The Morgan fingerprint density at radius 1 is 0.818 bits per heavy atom. The summed E-state index contributed by atoms with van der Waals surface area (Å²) in [6.07, 6.45) is 5.81. The number of aryl methyl sites for hydroxylation is 2. The SMILES string of the molecule is O=C(O)C1CCN(CCCC2(c3ccccc3)c3ccccc3CCc3ccccc32)CC1. The van der Waals surface area contributed by atoms with E-state index in [1.54, 1.807) is 0 Å². The first-order chi connectivity index (χ1) is 16.2. The number of hydrogen-bond acceptors (Lipinski definition) is 2. The molecule has 1 saturated heterocycles. The highest BCUT2D eigenvalue weighted by Crippen LogP contribution is 2.47. The van der Waals surface area contributed by atoms with Crippen LogP contribution in [0.5, 0.6) is 0 Å². The molecule has 3 aromatic carbocycles. The number of nitrogens with zero attached hydrogens (tertiary/aromatic N) is 1. The van der Waals surface area contributed by atoms with Crippen molar-refractivity contribution in [2.24, 2.45) is 5.92 Å². The number of carboxylic acid groups (broad SMARTS) is 1. The zero-order chi connectivity index (χ0) is 22.7. The Labute approximate surface area is 197 Å². The monoisotopic (exact) mass is 439 g/mol. The van der Waals surface area contributed by atoms with E-state index in [9.17, 15) is 9.90 Å². The van der Waals surface area contributed by atoms with Gasteiger partial charge in [0.15, 0.2) is 0 Å². The predicted molar refractivity (Wildman–Crippen MR) is 133 cm³/mol. The zero-order valence-corrected chi connectivity index (χ0v) is 19.2. The van der Waals surface area contributed by atoms with Crippen LogP contribution in [0.1, 0.15) is 53.5 Å². The van der Waals surface area contributed by atoms with Crippen molar-refractivity contribution in [3.8, 4) is 0 Å². The molecule has 0 aromatic heterocycles. The van der Waals surface area contributed by atoms with E-state index in [1.807, 2.05) is 0 Å². The molecule has 5 rings (SSSR count). The average Bonchev–Trinajstić information content (AvgIpc) is 3.01. The molecule has 0 spiro atoms. The first-order valence-electron chi connectivity index (χ1n) is 12.4. The second kappa shape index (κ2) is 9.52. The first kappa shape index (κ1) is 21.9. The highest BCUT2D eigenvalue weighted by Gasteiger charge is 2.40. The van der Waals surface area contributed by atoms with Gasteiger partial charge in [-0.2, -0.15) is 0 Å². The van der Waals surface area contributed by atoms with Crippen LogP contribution >= 0.6 is 0 Å². The molecule has 0 bridgehead atoms. The molecule has 1 aliphatic carbocycles. The summed E-state index contributed by atoms with van der Waals surface area (Å²) in [7, 11) is 0. The van der Waals surface area contributed by atoms with Gasteiger partial charge in [-0.25, -0.2) is 0 Å². The molecule has 0 amide bonds. The van der Waals surface area contributed by atoms with Gasteiger partial charge in [0, 0.05) is 5.41 Å². The molecule has 33 heavy (non-hydrogen) atoms. The minimum Gasteiger partial charge on any atom is -0.481 e. The lowest BCUT2D eigenvalue weighted by Gasteiger charge is -2.38. The summed E-state index contributed by atoms with van der Waals surface area (Å²) in [5, 5.41) is 9.32. The van der Waals surface area contributed by atoms with Gasteiger partial charge in [-0.3, -0.25) is 4.79 Å². The maximum Gasteiger partial charge on any atom is 0.306 e. The number of carboxylic acids is 1. The van der Waals surface area contributed by atoms with Gasteiger partial charge in [0.05, 0.1) is 5.92 Å². The number of piperidine rings is 1. The summed E-state index contributed by atoms with van der Waals surface area (Å²) in [5.41, 5.74) is 7.03. The molecule has 1 fully saturated rings. The van der Waals surface area contributed by atoms with Crippen LogP contribution in [0.4, 0.5) is 0 Å². The van der Waals surface area contributed by atoms with Crippen molar-refractivity contribution < 1.29 is 9.90 Å². The molecular weight excluding hydrogens is 406 g/mol. The van der Waals surface area contributed by atoms with Gasteiger partial charge in [-0.05, 0) is 86.0 Å². The number of carbonyl (C=O) groups is 1. The third kappa shape index (κ3) is 4.22. The Kier molecular flexibility index (Phi) is 6.32. The van der Waals surface area contributed by atoms with Gasteiger partial charge in [0.2, 0.25) is 0 Å². The number of likely N-dealkylation sites (tertiary alicyclic amines) is 1. The van der Waals surface area contributed by atoms with Crippen LogP contribution in [0.3, 0.4) is 0 Å². The third-order valence-corrected chi connectivity index (χ3v) is 7.85. The van der Waals surface area contributed by atoms with Crippen LogP contribution in [0.25, 0.3) is 0 Å². The van der Waals surface area contributed by atoms with Gasteiger partial charge >= 0.3 is 5.97 Å². The second-order valence-corrected chi connectivity index (χ2v) is 9.64. The van der Waals surface area contributed by atoms with Gasteiger partial charge in [-0.15, -0.1) is 0 Å². The lowest BCUT2D eigenvalue weighted by atomic mass is 9.65. The summed E-state index contributed by atoms with van der Waals surface area (Å²) in [6.45, 7) is 2.80. The Hall–Kier alpha value is -2.91. The van der Waals surface area contributed by atoms with Crippen molar-refractivity contribution in [1.29, 1.82) is 0 Å². The first-order valence-corrected chi connectivity index (χ1v) is 12.4. The summed E-state index contributed by atoms with van der Waals surface area (Å²) in [5.74, 6) is -0.804. The minimum absolute atomic E-state index is 0.162. The predicted octanol–water partition coefficient (Wildman–Crippen LogP) is 5.70. The van der Waals surface area contributed by atoms with Crippen LogP contribution in [0, 0.1) is 5.92 Å². The number of aliphatic carboxylic acids is 1. The normalized spacial score (nSPS) is 18.2. The van der Waals surface area contributed by atoms with Crippen molar-refractivity contribution in [3.63, 3.8) is 0 Å². The fraction of sp³-hybridized carbons (Fsp3) is 0.367. The van der Waals surface area contributed by atoms with Gasteiger partial charge in [0.25, 0.3) is 0 Å². The van der Waals surface area contributed by atoms with Crippen LogP contribution in [-0.2, 0) is 23.1 Å². The molecule has 0 unspecified atom stereocenters. The summed E-state index contributed by atoms with van der Waals surface area (Å²) < 4.78 is 0. The summed E-state index contributed by atoms with van der Waals surface area (Å²) in [6, 6.07) is 29.1. The van der Waals surface area contributed by atoms with Crippen molar-refractivity contribution in [1.82, 2.24) is 4.90 Å². The number of fused-ring (bicyclic) bond motifs is 2. The van der Waals surface area contributed by atoms with Crippen molar-refractivity contribution in [2.45, 2.75) is 43.9 Å². The molecular formula is C30H33NO2. The van der Waals surface area contributed by atoms with E-state index in [1.165, 1.54) is 27.8 Å². The largest absolute Gasteiger partial charge is 0.481 e. The molecule has 3 nitrogen and oxygen atoms in total. The molecule has 170 valence electrons. The topological polar surface area (TPSA) is 40.5 Å². The fourth-order valence-electron chi connectivity index (χ4n) is 6.14. The standard InChI is InChI=1S/C30H33NO2/c32-29(33)25-17-21-31(22-18-25)20-8-19-30(26-11-2-1-3-12-26)27-13-6-4-9-23(27)15-16-24-10-5-7-14-28(24)30/h1-7,9-14,25H,8,15-22H2,(H,32,33). The number of rotatable bonds is 6. The lowest BCUT2D eigenvalue weighted by Crippen LogP contribution is -2.38. The van der Waals surface area contributed by atoms with E-state index < -0.39 is 5.97 Å². The molecule has 0 radical (unpaired) electrons. The van der Waals surface area contributed by atoms with E-state index in [-0.39, 0.29) is 11.3 Å². The zero-order valence-electron chi connectivity index (χ0n) is 19.2. The molecule has 0 saturated carbocycles. The van der Waals surface area contributed by atoms with Gasteiger partial charge < -0.3 is 10.0 Å².